The zero-order valence-corrected chi connectivity index (χ0v) is 11.1. The van der Waals surface area contributed by atoms with Crippen LogP contribution < -0.4 is 0 Å². The molecular formula is C13H23NO3. The van der Waals surface area contributed by atoms with Gasteiger partial charge in [-0.15, -0.1) is 0 Å². The van der Waals surface area contributed by atoms with Crippen LogP contribution in [0.2, 0.25) is 0 Å². The Kier molecular flexibility index (Phi) is 5.45. The predicted molar refractivity (Wildman–Crippen MR) is 65.4 cm³/mol. The van der Waals surface area contributed by atoms with E-state index in [4.69, 9.17) is 4.74 Å². The summed E-state index contributed by atoms with van der Waals surface area (Å²) in [6.45, 7) is 8.20. The van der Waals surface area contributed by atoms with Crippen molar-refractivity contribution >= 4 is 11.9 Å². The molecule has 1 amide bonds. The normalized spacial score (nSPS) is 24.5. The zero-order chi connectivity index (χ0) is 12.8. The summed E-state index contributed by atoms with van der Waals surface area (Å²) >= 11 is 0. The smallest absolute Gasteiger partial charge is 0.306 e. The number of rotatable bonds is 4. The maximum absolute atomic E-state index is 11.9. The van der Waals surface area contributed by atoms with Crippen molar-refractivity contribution < 1.29 is 14.3 Å². The van der Waals surface area contributed by atoms with Gasteiger partial charge in [0.2, 0.25) is 5.91 Å². The topological polar surface area (TPSA) is 46.6 Å². The summed E-state index contributed by atoms with van der Waals surface area (Å²) in [5, 5.41) is 0. The van der Waals surface area contributed by atoms with E-state index in [1.165, 1.54) is 0 Å². The lowest BCUT2D eigenvalue weighted by Crippen LogP contribution is -2.42. The SMILES string of the molecule is CCOC(=O)CCC(=O)N1CCC(C)C(C)C1. The molecule has 0 N–H and O–H groups in total. The van der Waals surface area contributed by atoms with E-state index in [1.807, 2.05) is 4.90 Å². The van der Waals surface area contributed by atoms with Crippen LogP contribution in [0.25, 0.3) is 0 Å². The highest BCUT2D eigenvalue weighted by Crippen LogP contribution is 2.22. The summed E-state index contributed by atoms with van der Waals surface area (Å²) in [6.07, 6.45) is 1.54. The van der Waals surface area contributed by atoms with Crippen molar-refractivity contribution in [1.82, 2.24) is 4.90 Å². The number of piperidine rings is 1. The van der Waals surface area contributed by atoms with Gasteiger partial charge in [0, 0.05) is 19.5 Å². The fourth-order valence-corrected chi connectivity index (χ4v) is 2.09. The van der Waals surface area contributed by atoms with Crippen molar-refractivity contribution in [3.63, 3.8) is 0 Å². The number of carbonyl (C=O) groups is 2. The Balaban J connectivity index is 2.31. The van der Waals surface area contributed by atoms with Crippen LogP contribution in [0.1, 0.15) is 40.0 Å². The highest BCUT2D eigenvalue weighted by molar-refractivity contribution is 5.81. The van der Waals surface area contributed by atoms with E-state index in [0.29, 0.717) is 18.4 Å². The van der Waals surface area contributed by atoms with E-state index in [1.54, 1.807) is 6.92 Å². The molecule has 1 aliphatic rings. The summed E-state index contributed by atoms with van der Waals surface area (Å²) in [5.74, 6) is 1.04. The minimum absolute atomic E-state index is 0.0804. The Morgan fingerprint density at radius 3 is 2.53 bits per heavy atom. The molecule has 4 heteroatoms. The van der Waals surface area contributed by atoms with Gasteiger partial charge in [0.05, 0.1) is 13.0 Å². The number of amides is 1. The Morgan fingerprint density at radius 1 is 1.24 bits per heavy atom. The second-order valence-corrected chi connectivity index (χ2v) is 4.89. The van der Waals surface area contributed by atoms with E-state index in [9.17, 15) is 9.59 Å². The van der Waals surface area contributed by atoms with Crippen LogP contribution in [-0.2, 0) is 14.3 Å². The molecule has 0 aromatic heterocycles. The van der Waals surface area contributed by atoms with Crippen LogP contribution in [0.5, 0.6) is 0 Å². The number of hydrogen-bond donors (Lipinski definition) is 0. The summed E-state index contributed by atoms with van der Waals surface area (Å²) in [5.41, 5.74) is 0. The third-order valence-corrected chi connectivity index (χ3v) is 3.54. The van der Waals surface area contributed by atoms with Crippen molar-refractivity contribution in [1.29, 1.82) is 0 Å². The van der Waals surface area contributed by atoms with Crippen molar-refractivity contribution in [2.75, 3.05) is 19.7 Å². The summed E-state index contributed by atoms with van der Waals surface area (Å²) < 4.78 is 4.81. The third-order valence-electron chi connectivity index (χ3n) is 3.54. The first-order chi connectivity index (χ1) is 8.04. The molecule has 0 aromatic rings. The predicted octanol–water partition coefficient (Wildman–Crippen LogP) is 1.83. The minimum atomic E-state index is -0.278. The van der Waals surface area contributed by atoms with E-state index in [2.05, 4.69) is 13.8 Å². The largest absolute Gasteiger partial charge is 0.466 e. The molecule has 0 bridgehead atoms. The van der Waals surface area contributed by atoms with Gasteiger partial charge in [-0.25, -0.2) is 0 Å². The van der Waals surface area contributed by atoms with Crippen LogP contribution in [0, 0.1) is 11.8 Å². The third kappa shape index (κ3) is 4.36. The van der Waals surface area contributed by atoms with Gasteiger partial charge in [-0.05, 0) is 25.2 Å². The number of hydrogen-bond acceptors (Lipinski definition) is 3. The molecule has 0 aromatic carbocycles. The highest BCUT2D eigenvalue weighted by Gasteiger charge is 2.25. The summed E-state index contributed by atoms with van der Waals surface area (Å²) in [6, 6.07) is 0. The van der Waals surface area contributed by atoms with E-state index in [0.717, 1.165) is 19.5 Å². The zero-order valence-electron chi connectivity index (χ0n) is 11.1. The molecule has 2 atom stereocenters. The van der Waals surface area contributed by atoms with Crippen LogP contribution in [0.3, 0.4) is 0 Å². The summed E-state index contributed by atoms with van der Waals surface area (Å²) in [4.78, 5) is 24.9. The average molecular weight is 241 g/mol. The lowest BCUT2D eigenvalue weighted by molar-refractivity contribution is -0.146. The minimum Gasteiger partial charge on any atom is -0.466 e. The molecule has 1 heterocycles. The van der Waals surface area contributed by atoms with Crippen LogP contribution in [-0.4, -0.2) is 36.5 Å². The van der Waals surface area contributed by atoms with E-state index < -0.39 is 0 Å². The van der Waals surface area contributed by atoms with Gasteiger partial charge in [-0.1, -0.05) is 13.8 Å². The van der Waals surface area contributed by atoms with Crippen molar-refractivity contribution in [3.8, 4) is 0 Å². The fraction of sp³-hybridized carbons (Fsp3) is 0.846. The molecule has 2 unspecified atom stereocenters. The molecular weight excluding hydrogens is 218 g/mol. The first-order valence-corrected chi connectivity index (χ1v) is 6.48. The number of likely N-dealkylation sites (tertiary alicyclic amines) is 1. The van der Waals surface area contributed by atoms with Crippen LogP contribution >= 0.6 is 0 Å². The lowest BCUT2D eigenvalue weighted by Gasteiger charge is -2.35. The van der Waals surface area contributed by atoms with Crippen LogP contribution in [0.15, 0.2) is 0 Å². The Bertz CT molecular complexity index is 278. The number of carbonyl (C=O) groups excluding carboxylic acids is 2. The monoisotopic (exact) mass is 241 g/mol. The fourth-order valence-electron chi connectivity index (χ4n) is 2.09. The van der Waals surface area contributed by atoms with Gasteiger partial charge in [-0.2, -0.15) is 0 Å². The van der Waals surface area contributed by atoms with Gasteiger partial charge >= 0.3 is 5.97 Å². The van der Waals surface area contributed by atoms with Gasteiger partial charge in [-0.3, -0.25) is 9.59 Å². The molecule has 4 nitrogen and oxygen atoms in total. The number of nitrogens with zero attached hydrogens (tertiary/aromatic N) is 1. The van der Waals surface area contributed by atoms with E-state index in [-0.39, 0.29) is 24.7 Å². The quantitative estimate of drug-likeness (QED) is 0.705. The molecule has 1 fully saturated rings. The second-order valence-electron chi connectivity index (χ2n) is 4.89. The molecule has 0 spiro atoms. The van der Waals surface area contributed by atoms with Crippen molar-refractivity contribution in [3.05, 3.63) is 0 Å². The molecule has 1 saturated heterocycles. The number of ether oxygens (including phenoxy) is 1. The Morgan fingerprint density at radius 2 is 1.94 bits per heavy atom. The highest BCUT2D eigenvalue weighted by atomic mass is 16.5. The molecule has 1 rings (SSSR count). The Labute approximate surface area is 103 Å². The number of esters is 1. The first-order valence-electron chi connectivity index (χ1n) is 6.48. The second kappa shape index (κ2) is 6.62. The Hall–Kier alpha value is -1.06. The van der Waals surface area contributed by atoms with Gasteiger partial charge < -0.3 is 9.64 Å². The molecule has 1 aliphatic heterocycles. The van der Waals surface area contributed by atoms with Gasteiger partial charge in [0.25, 0.3) is 0 Å². The molecule has 0 saturated carbocycles. The molecule has 0 radical (unpaired) electrons. The summed E-state index contributed by atoms with van der Waals surface area (Å²) in [7, 11) is 0. The maximum Gasteiger partial charge on any atom is 0.306 e. The average Bonchev–Trinajstić information content (AvgIpc) is 2.30. The van der Waals surface area contributed by atoms with Gasteiger partial charge in [0.1, 0.15) is 0 Å². The van der Waals surface area contributed by atoms with Crippen molar-refractivity contribution in [2.24, 2.45) is 11.8 Å². The molecule has 17 heavy (non-hydrogen) atoms. The van der Waals surface area contributed by atoms with Crippen molar-refractivity contribution in [2.45, 2.75) is 40.0 Å². The maximum atomic E-state index is 11.9. The van der Waals surface area contributed by atoms with E-state index >= 15 is 0 Å². The first kappa shape index (κ1) is 14.0. The van der Waals surface area contributed by atoms with Crippen LogP contribution in [0.4, 0.5) is 0 Å². The lowest BCUT2D eigenvalue weighted by atomic mass is 9.88. The molecule has 0 aliphatic carbocycles. The standard InChI is InChI=1S/C13H23NO3/c1-4-17-13(16)6-5-12(15)14-8-7-10(2)11(3)9-14/h10-11H,4-9H2,1-3H3. The molecule has 98 valence electrons. The van der Waals surface area contributed by atoms with Gasteiger partial charge in [0.15, 0.2) is 0 Å².